The molecule has 0 saturated carbocycles. The van der Waals surface area contributed by atoms with Crippen LogP contribution in [0.4, 0.5) is 0 Å². The highest BCUT2D eigenvalue weighted by atomic mass is 35.5. The van der Waals surface area contributed by atoms with Crippen LogP contribution in [0.5, 0.6) is 5.75 Å². The van der Waals surface area contributed by atoms with E-state index in [1.807, 2.05) is 63.2 Å². The van der Waals surface area contributed by atoms with Gasteiger partial charge >= 0.3 is 0 Å². The summed E-state index contributed by atoms with van der Waals surface area (Å²) in [6.07, 6.45) is 2.33. The Morgan fingerprint density at radius 1 is 0.975 bits per heavy atom. The minimum Gasteiger partial charge on any atom is -0.492 e. The molecule has 4 N–H and O–H groups in total. The van der Waals surface area contributed by atoms with Crippen LogP contribution >= 0.6 is 11.6 Å². The van der Waals surface area contributed by atoms with E-state index in [1.165, 1.54) is 0 Å². The predicted molar refractivity (Wildman–Crippen MR) is 158 cm³/mol. The topological polar surface area (TPSA) is 109 Å². The summed E-state index contributed by atoms with van der Waals surface area (Å²) >= 11 is 6.20. The molecule has 40 heavy (non-hydrogen) atoms. The third kappa shape index (κ3) is 9.52. The van der Waals surface area contributed by atoms with E-state index in [2.05, 4.69) is 28.2 Å². The molecule has 1 heterocycles. The smallest absolute Gasteiger partial charge is 0.243 e. The third-order valence-corrected chi connectivity index (χ3v) is 7.25. The van der Waals surface area contributed by atoms with Gasteiger partial charge in [-0.05, 0) is 60.4 Å². The molecule has 0 spiro atoms. The van der Waals surface area contributed by atoms with E-state index >= 15 is 0 Å². The van der Waals surface area contributed by atoms with E-state index in [1.54, 1.807) is 6.07 Å². The number of carbonyl (C=O) groups is 3. The lowest BCUT2D eigenvalue weighted by Gasteiger charge is -2.28. The van der Waals surface area contributed by atoms with Gasteiger partial charge in [0.2, 0.25) is 17.7 Å². The quantitative estimate of drug-likeness (QED) is 0.439. The first-order valence-electron chi connectivity index (χ1n) is 14.2. The Labute approximate surface area is 243 Å². The van der Waals surface area contributed by atoms with E-state index in [-0.39, 0.29) is 29.6 Å². The van der Waals surface area contributed by atoms with Gasteiger partial charge in [0, 0.05) is 18.1 Å². The van der Waals surface area contributed by atoms with Gasteiger partial charge < -0.3 is 26.0 Å². The lowest BCUT2D eigenvalue weighted by atomic mass is 9.99. The molecular weight excluding hydrogens is 528 g/mol. The van der Waals surface area contributed by atoms with Crippen LogP contribution in [0.25, 0.3) is 0 Å². The summed E-state index contributed by atoms with van der Waals surface area (Å²) in [7, 11) is 0. The Kier molecular flexibility index (Phi) is 12.3. The van der Waals surface area contributed by atoms with Crippen LogP contribution in [-0.4, -0.2) is 55.5 Å². The van der Waals surface area contributed by atoms with Crippen molar-refractivity contribution in [1.29, 1.82) is 0 Å². The molecule has 1 aliphatic rings. The fourth-order valence-electron chi connectivity index (χ4n) is 4.82. The number of fused-ring (bicyclic) bond motifs is 1. The summed E-state index contributed by atoms with van der Waals surface area (Å²) in [5.41, 5.74) is 1.95. The molecule has 218 valence electrons. The van der Waals surface area contributed by atoms with Crippen molar-refractivity contribution in [2.45, 2.75) is 71.5 Å². The maximum Gasteiger partial charge on any atom is 0.243 e. The molecule has 8 nitrogen and oxygen atoms in total. The van der Waals surface area contributed by atoms with Gasteiger partial charge in [-0.2, -0.15) is 0 Å². The number of para-hydroxylation sites is 1. The molecule has 1 aliphatic heterocycles. The Balaban J connectivity index is 1.88. The summed E-state index contributed by atoms with van der Waals surface area (Å²) in [6.45, 7) is 9.05. The average Bonchev–Trinajstić information content (AvgIpc) is 2.91. The molecule has 0 bridgehead atoms. The lowest BCUT2D eigenvalue weighted by molar-refractivity contribution is -0.133. The number of nitrogens with one attached hydrogen (secondary N) is 4. The SMILES string of the molecule is CCC[C@@H]1NC(=O)[C@@H](C(C)C)NC(=O)[C@@H](Cc2cccc(Cl)c2)NCCOc2ccccc2CC(C)CNC1=O. The highest BCUT2D eigenvalue weighted by Crippen LogP contribution is 2.21. The molecule has 3 amide bonds. The summed E-state index contributed by atoms with van der Waals surface area (Å²) in [4.78, 5) is 40.0. The zero-order chi connectivity index (χ0) is 29.1. The average molecular weight is 571 g/mol. The van der Waals surface area contributed by atoms with E-state index in [0.29, 0.717) is 37.6 Å². The van der Waals surface area contributed by atoms with E-state index in [0.717, 1.165) is 29.7 Å². The van der Waals surface area contributed by atoms with Gasteiger partial charge in [-0.1, -0.05) is 76.0 Å². The second-order valence-electron chi connectivity index (χ2n) is 10.9. The zero-order valence-corrected chi connectivity index (χ0v) is 24.7. The van der Waals surface area contributed by atoms with Crippen molar-refractivity contribution in [3.63, 3.8) is 0 Å². The first-order valence-corrected chi connectivity index (χ1v) is 14.6. The minimum atomic E-state index is -0.802. The second kappa shape index (κ2) is 15.6. The van der Waals surface area contributed by atoms with Crippen LogP contribution < -0.4 is 26.0 Å². The molecule has 2 aromatic carbocycles. The van der Waals surface area contributed by atoms with Crippen LogP contribution in [0.3, 0.4) is 0 Å². The number of rotatable bonds is 5. The van der Waals surface area contributed by atoms with Crippen molar-refractivity contribution in [2.75, 3.05) is 19.7 Å². The number of hydrogen-bond donors (Lipinski definition) is 4. The largest absolute Gasteiger partial charge is 0.492 e. The number of benzene rings is 2. The maximum absolute atomic E-state index is 13.6. The number of halogens is 1. The van der Waals surface area contributed by atoms with Gasteiger partial charge in [-0.3, -0.25) is 14.4 Å². The van der Waals surface area contributed by atoms with Gasteiger partial charge in [-0.25, -0.2) is 0 Å². The standard InChI is InChI=1S/C31H43ClN4O4/c1-5-9-25-29(37)34-19-21(4)16-23-11-6-7-13-27(23)40-15-14-33-26(18-22-10-8-12-24(32)17-22)30(38)36-28(20(2)3)31(39)35-25/h6-8,10-13,17,20-21,25-26,28,33H,5,9,14-16,18-19H2,1-4H3,(H,34,37)(H,35,39)(H,36,38)/t21?,25-,26+,28+/m0/s1. The van der Waals surface area contributed by atoms with Crippen molar-refractivity contribution in [3.8, 4) is 5.75 Å². The Bertz CT molecular complexity index is 1140. The molecule has 0 radical (unpaired) electrons. The normalized spacial score (nSPS) is 23.6. The molecule has 0 fully saturated rings. The molecule has 0 aliphatic carbocycles. The Morgan fingerprint density at radius 2 is 1.75 bits per heavy atom. The molecular formula is C31H43ClN4O4. The molecule has 3 rings (SSSR count). The first kappa shape index (κ1) is 31.4. The molecule has 0 aromatic heterocycles. The molecule has 0 saturated heterocycles. The summed E-state index contributed by atoms with van der Waals surface area (Å²) in [5.74, 6) is -0.136. The maximum atomic E-state index is 13.6. The van der Waals surface area contributed by atoms with Gasteiger partial charge in [0.15, 0.2) is 0 Å². The first-order chi connectivity index (χ1) is 19.2. The highest BCUT2D eigenvalue weighted by Gasteiger charge is 2.31. The van der Waals surface area contributed by atoms with Crippen molar-refractivity contribution in [2.24, 2.45) is 11.8 Å². The van der Waals surface area contributed by atoms with Crippen molar-refractivity contribution in [1.82, 2.24) is 21.3 Å². The summed E-state index contributed by atoms with van der Waals surface area (Å²) in [5, 5.41) is 12.8. The Hall–Kier alpha value is -3.10. The molecule has 4 atom stereocenters. The number of carbonyl (C=O) groups excluding carboxylic acids is 3. The van der Waals surface area contributed by atoms with Gasteiger partial charge in [0.25, 0.3) is 0 Å². The third-order valence-electron chi connectivity index (χ3n) is 7.02. The summed E-state index contributed by atoms with van der Waals surface area (Å²) in [6, 6.07) is 13.2. The minimum absolute atomic E-state index is 0.161. The zero-order valence-electron chi connectivity index (χ0n) is 24.0. The van der Waals surface area contributed by atoms with E-state index < -0.39 is 18.1 Å². The number of amides is 3. The summed E-state index contributed by atoms with van der Waals surface area (Å²) < 4.78 is 6.11. The van der Waals surface area contributed by atoms with Crippen LogP contribution in [0, 0.1) is 11.8 Å². The van der Waals surface area contributed by atoms with E-state index in [9.17, 15) is 14.4 Å². The van der Waals surface area contributed by atoms with Crippen LogP contribution in [0.2, 0.25) is 5.02 Å². The van der Waals surface area contributed by atoms with Gasteiger partial charge in [-0.15, -0.1) is 0 Å². The second-order valence-corrected chi connectivity index (χ2v) is 11.4. The molecule has 9 heteroatoms. The highest BCUT2D eigenvalue weighted by molar-refractivity contribution is 6.30. The monoisotopic (exact) mass is 570 g/mol. The van der Waals surface area contributed by atoms with Crippen molar-refractivity contribution in [3.05, 3.63) is 64.7 Å². The van der Waals surface area contributed by atoms with Crippen LogP contribution in [0.15, 0.2) is 48.5 Å². The van der Waals surface area contributed by atoms with Crippen LogP contribution in [-0.2, 0) is 27.2 Å². The fraction of sp³-hybridized carbons (Fsp3) is 0.516. The van der Waals surface area contributed by atoms with Gasteiger partial charge in [0.1, 0.15) is 24.4 Å². The van der Waals surface area contributed by atoms with Crippen LogP contribution in [0.1, 0.15) is 51.7 Å². The molecule has 1 unspecified atom stereocenters. The Morgan fingerprint density at radius 3 is 2.48 bits per heavy atom. The van der Waals surface area contributed by atoms with Gasteiger partial charge in [0.05, 0.1) is 6.04 Å². The van der Waals surface area contributed by atoms with Crippen molar-refractivity contribution >= 4 is 29.3 Å². The molecule has 2 aromatic rings. The van der Waals surface area contributed by atoms with Crippen molar-refractivity contribution < 1.29 is 19.1 Å². The fourth-order valence-corrected chi connectivity index (χ4v) is 5.03. The number of hydrogen-bond acceptors (Lipinski definition) is 5. The number of ether oxygens (including phenoxy) is 1. The lowest BCUT2D eigenvalue weighted by Crippen LogP contribution is -2.58. The predicted octanol–water partition coefficient (Wildman–Crippen LogP) is 3.65. The van der Waals surface area contributed by atoms with E-state index in [4.69, 9.17) is 16.3 Å².